The number of sulfonamides is 1. The Bertz CT molecular complexity index is 805. The normalized spacial score (nSPS) is 17.7. The van der Waals surface area contributed by atoms with E-state index in [0.29, 0.717) is 39.3 Å². The van der Waals surface area contributed by atoms with E-state index in [0.717, 1.165) is 11.3 Å². The van der Waals surface area contributed by atoms with Crippen LogP contribution in [0.2, 0.25) is 0 Å². The molecule has 9 nitrogen and oxygen atoms in total. The summed E-state index contributed by atoms with van der Waals surface area (Å²) in [7, 11) is -2.11. The topological polar surface area (TPSA) is 108 Å². The van der Waals surface area contributed by atoms with E-state index in [9.17, 15) is 18.0 Å². The molecule has 26 heavy (non-hydrogen) atoms. The number of carbonyl (C=O) groups is 2. The molecule has 2 aliphatic heterocycles. The van der Waals surface area contributed by atoms with Gasteiger partial charge in [-0.25, -0.2) is 13.2 Å². The first-order valence-electron chi connectivity index (χ1n) is 8.39. The third-order valence-electron chi connectivity index (χ3n) is 4.47. The molecule has 0 aromatic heterocycles. The summed E-state index contributed by atoms with van der Waals surface area (Å²) in [5.74, 6) is -0.415. The van der Waals surface area contributed by atoms with Crippen molar-refractivity contribution in [2.45, 2.75) is 11.3 Å². The van der Waals surface area contributed by atoms with E-state index in [1.165, 1.54) is 11.4 Å². The second-order valence-electron chi connectivity index (χ2n) is 6.11. The van der Waals surface area contributed by atoms with E-state index in [2.05, 4.69) is 10.6 Å². The molecule has 0 saturated carbocycles. The lowest BCUT2D eigenvalue weighted by Gasteiger charge is -2.26. The van der Waals surface area contributed by atoms with Gasteiger partial charge in [-0.05, 0) is 30.2 Å². The van der Waals surface area contributed by atoms with Crippen LogP contribution in [0.1, 0.15) is 5.56 Å². The summed E-state index contributed by atoms with van der Waals surface area (Å²) in [5, 5.41) is 4.55. The minimum absolute atomic E-state index is 0.0377. The van der Waals surface area contributed by atoms with Crippen LogP contribution in [0.15, 0.2) is 23.1 Å². The molecule has 0 radical (unpaired) electrons. The Morgan fingerprint density at radius 1 is 1.19 bits per heavy atom. The van der Waals surface area contributed by atoms with E-state index in [1.54, 1.807) is 18.2 Å². The van der Waals surface area contributed by atoms with Crippen molar-refractivity contribution in [2.75, 3.05) is 51.3 Å². The summed E-state index contributed by atoms with van der Waals surface area (Å²) in [6.07, 6.45) is 0.648. The van der Waals surface area contributed by atoms with Crippen molar-refractivity contribution >= 4 is 27.6 Å². The fourth-order valence-electron chi connectivity index (χ4n) is 3.11. The van der Waals surface area contributed by atoms with E-state index in [4.69, 9.17) is 4.74 Å². The fraction of sp³-hybridized carbons (Fsp3) is 0.500. The minimum Gasteiger partial charge on any atom is -0.379 e. The lowest BCUT2D eigenvalue weighted by Crippen LogP contribution is -2.43. The molecular formula is C16H22N4O5S. The highest BCUT2D eigenvalue weighted by Crippen LogP contribution is 2.31. The number of nitrogens with one attached hydrogen (secondary N) is 2. The number of amides is 3. The number of morpholine rings is 1. The largest absolute Gasteiger partial charge is 0.379 e. The van der Waals surface area contributed by atoms with Crippen molar-refractivity contribution in [1.29, 1.82) is 0 Å². The van der Waals surface area contributed by atoms with Crippen molar-refractivity contribution in [1.82, 2.24) is 14.9 Å². The number of imide groups is 1. The molecule has 142 valence electrons. The van der Waals surface area contributed by atoms with Crippen molar-refractivity contribution in [2.24, 2.45) is 0 Å². The first kappa shape index (κ1) is 18.6. The number of rotatable bonds is 4. The molecule has 3 amide bonds. The van der Waals surface area contributed by atoms with Gasteiger partial charge in [0.1, 0.15) is 0 Å². The van der Waals surface area contributed by atoms with Gasteiger partial charge >= 0.3 is 6.03 Å². The molecule has 3 rings (SSSR count). The monoisotopic (exact) mass is 382 g/mol. The van der Waals surface area contributed by atoms with Gasteiger partial charge in [0.2, 0.25) is 15.9 Å². The van der Waals surface area contributed by atoms with Gasteiger partial charge in [0, 0.05) is 32.4 Å². The lowest BCUT2D eigenvalue weighted by atomic mass is 10.2. The molecule has 0 spiro atoms. The molecule has 0 bridgehead atoms. The van der Waals surface area contributed by atoms with Gasteiger partial charge < -0.3 is 15.0 Å². The van der Waals surface area contributed by atoms with Gasteiger partial charge in [-0.2, -0.15) is 4.31 Å². The summed E-state index contributed by atoms with van der Waals surface area (Å²) in [5.41, 5.74) is 1.70. The Morgan fingerprint density at radius 2 is 1.92 bits per heavy atom. The highest BCUT2D eigenvalue weighted by atomic mass is 32.2. The van der Waals surface area contributed by atoms with Crippen LogP contribution in [0.4, 0.5) is 10.5 Å². The van der Waals surface area contributed by atoms with Crippen LogP contribution in [0.5, 0.6) is 0 Å². The Kier molecular flexibility index (Phi) is 5.44. The predicted molar refractivity (Wildman–Crippen MR) is 94.5 cm³/mol. The van der Waals surface area contributed by atoms with Gasteiger partial charge in [-0.3, -0.25) is 10.1 Å². The third kappa shape index (κ3) is 3.81. The van der Waals surface area contributed by atoms with Gasteiger partial charge in [0.05, 0.1) is 24.7 Å². The summed E-state index contributed by atoms with van der Waals surface area (Å²) in [4.78, 5) is 25.2. The number of hydrogen-bond acceptors (Lipinski definition) is 6. The number of fused-ring (bicyclic) bond motifs is 1. The second kappa shape index (κ2) is 7.60. The quantitative estimate of drug-likeness (QED) is 0.729. The molecule has 1 saturated heterocycles. The first-order valence-corrected chi connectivity index (χ1v) is 9.83. The maximum atomic E-state index is 12.7. The second-order valence-corrected chi connectivity index (χ2v) is 8.04. The molecule has 1 aromatic carbocycles. The smallest absolute Gasteiger partial charge is 0.321 e. The molecule has 1 aromatic rings. The number of anilines is 1. The number of hydrogen-bond donors (Lipinski definition) is 2. The summed E-state index contributed by atoms with van der Waals surface area (Å²) in [6, 6.07) is 4.42. The zero-order valence-electron chi connectivity index (χ0n) is 14.5. The number of benzene rings is 1. The van der Waals surface area contributed by atoms with Crippen LogP contribution < -0.4 is 15.5 Å². The summed E-state index contributed by atoms with van der Waals surface area (Å²) in [6.45, 7) is 2.14. The van der Waals surface area contributed by atoms with Gasteiger partial charge in [-0.15, -0.1) is 0 Å². The molecule has 0 aliphatic carbocycles. The average Bonchev–Trinajstić information content (AvgIpc) is 3.04. The summed E-state index contributed by atoms with van der Waals surface area (Å²) >= 11 is 0. The number of urea groups is 1. The molecule has 1 fully saturated rings. The van der Waals surface area contributed by atoms with Gasteiger partial charge in [0.15, 0.2) is 0 Å². The first-order chi connectivity index (χ1) is 12.4. The van der Waals surface area contributed by atoms with Crippen LogP contribution in [0.25, 0.3) is 0 Å². The van der Waals surface area contributed by atoms with Crippen molar-refractivity contribution in [3.63, 3.8) is 0 Å². The van der Waals surface area contributed by atoms with E-state index >= 15 is 0 Å². The molecule has 2 N–H and O–H groups in total. The van der Waals surface area contributed by atoms with E-state index in [1.807, 2.05) is 4.90 Å². The highest BCUT2D eigenvalue weighted by Gasteiger charge is 2.29. The molecule has 2 aliphatic rings. The van der Waals surface area contributed by atoms with Crippen LogP contribution in [-0.4, -0.2) is 71.1 Å². The Hall–Kier alpha value is -2.17. The molecular weight excluding hydrogens is 360 g/mol. The third-order valence-corrected chi connectivity index (χ3v) is 6.36. The van der Waals surface area contributed by atoms with Crippen molar-refractivity contribution < 1.29 is 22.7 Å². The predicted octanol–water partition coefficient (Wildman–Crippen LogP) is -0.474. The van der Waals surface area contributed by atoms with Crippen LogP contribution in [-0.2, 0) is 26.0 Å². The van der Waals surface area contributed by atoms with E-state index in [-0.39, 0.29) is 11.4 Å². The number of nitrogens with zero attached hydrogens (tertiary/aromatic N) is 2. The van der Waals surface area contributed by atoms with Crippen LogP contribution >= 0.6 is 0 Å². The maximum Gasteiger partial charge on any atom is 0.321 e. The van der Waals surface area contributed by atoms with Crippen LogP contribution in [0.3, 0.4) is 0 Å². The molecule has 10 heteroatoms. The summed E-state index contributed by atoms with van der Waals surface area (Å²) < 4.78 is 32.1. The minimum atomic E-state index is -3.54. The molecule has 0 unspecified atom stereocenters. The maximum absolute atomic E-state index is 12.7. The van der Waals surface area contributed by atoms with Crippen LogP contribution in [0, 0.1) is 0 Å². The average molecular weight is 382 g/mol. The van der Waals surface area contributed by atoms with Crippen molar-refractivity contribution in [3.8, 4) is 0 Å². The zero-order valence-corrected chi connectivity index (χ0v) is 15.3. The SMILES string of the molecule is CNC(=O)NC(=O)CN1CCc2cc(S(=O)(=O)N3CCOCC3)ccc21. The lowest BCUT2D eigenvalue weighted by molar-refractivity contribution is -0.118. The Balaban J connectivity index is 1.74. The number of ether oxygens (including phenoxy) is 1. The Morgan fingerprint density at radius 3 is 2.62 bits per heavy atom. The molecule has 0 atom stereocenters. The van der Waals surface area contributed by atoms with E-state index < -0.39 is 22.0 Å². The van der Waals surface area contributed by atoms with Gasteiger partial charge in [0.25, 0.3) is 0 Å². The van der Waals surface area contributed by atoms with Crippen molar-refractivity contribution in [3.05, 3.63) is 23.8 Å². The Labute approximate surface area is 152 Å². The fourth-order valence-corrected chi connectivity index (χ4v) is 4.57. The molecule has 2 heterocycles. The zero-order chi connectivity index (χ0) is 18.7. The standard InChI is InChI=1S/C16H22N4O5S/c1-17-16(22)18-15(21)11-19-5-4-12-10-13(2-3-14(12)19)26(23,24)20-6-8-25-9-7-20/h2-3,10H,4-9,11H2,1H3,(H2,17,18,21,22). The highest BCUT2D eigenvalue weighted by molar-refractivity contribution is 7.89. The number of carbonyl (C=O) groups excluding carboxylic acids is 2. The van der Waals surface area contributed by atoms with Gasteiger partial charge in [-0.1, -0.05) is 0 Å².